The molecule has 0 heterocycles. The SMILES string of the molecule is CC(=O)C(Cl)c1cccc(CO)c1C(O)C(=O)O. The van der Waals surface area contributed by atoms with E-state index in [1.54, 1.807) is 0 Å². The maximum absolute atomic E-state index is 11.3. The molecule has 0 saturated heterocycles. The molecule has 1 rings (SSSR count). The van der Waals surface area contributed by atoms with E-state index in [4.69, 9.17) is 21.8 Å². The van der Waals surface area contributed by atoms with Gasteiger partial charge in [-0.15, -0.1) is 11.6 Å². The number of rotatable bonds is 5. The van der Waals surface area contributed by atoms with E-state index >= 15 is 0 Å². The molecule has 3 N–H and O–H groups in total. The number of aliphatic carboxylic acids is 1. The molecule has 98 valence electrons. The van der Waals surface area contributed by atoms with Crippen LogP contribution in [0.5, 0.6) is 0 Å². The molecule has 0 bridgehead atoms. The maximum Gasteiger partial charge on any atom is 0.337 e. The molecule has 0 aliphatic carbocycles. The molecule has 0 aliphatic heterocycles. The maximum atomic E-state index is 11.3. The number of hydrogen-bond acceptors (Lipinski definition) is 4. The molecule has 0 radical (unpaired) electrons. The Bertz CT molecular complexity index is 472. The van der Waals surface area contributed by atoms with E-state index in [9.17, 15) is 14.7 Å². The third-order valence-electron chi connectivity index (χ3n) is 2.54. The van der Waals surface area contributed by atoms with Gasteiger partial charge in [-0.2, -0.15) is 0 Å². The monoisotopic (exact) mass is 272 g/mol. The second kappa shape index (κ2) is 5.95. The van der Waals surface area contributed by atoms with Crippen molar-refractivity contribution in [1.29, 1.82) is 0 Å². The van der Waals surface area contributed by atoms with Gasteiger partial charge in [0, 0.05) is 5.56 Å². The minimum absolute atomic E-state index is 0.0253. The lowest BCUT2D eigenvalue weighted by Gasteiger charge is -2.18. The van der Waals surface area contributed by atoms with Crippen LogP contribution in [0.25, 0.3) is 0 Å². The highest BCUT2D eigenvalue weighted by Gasteiger charge is 2.27. The summed E-state index contributed by atoms with van der Waals surface area (Å²) >= 11 is 5.89. The Morgan fingerprint density at radius 2 is 2.00 bits per heavy atom. The summed E-state index contributed by atoms with van der Waals surface area (Å²) in [5.74, 6) is -1.84. The number of carbonyl (C=O) groups is 2. The Hall–Kier alpha value is -1.43. The van der Waals surface area contributed by atoms with Crippen molar-refractivity contribution in [2.24, 2.45) is 0 Å². The smallest absolute Gasteiger partial charge is 0.337 e. The average Bonchev–Trinajstić information content (AvgIpc) is 2.35. The van der Waals surface area contributed by atoms with Crippen molar-refractivity contribution in [3.8, 4) is 0 Å². The van der Waals surface area contributed by atoms with E-state index < -0.39 is 24.1 Å². The largest absolute Gasteiger partial charge is 0.479 e. The second-order valence-electron chi connectivity index (χ2n) is 3.79. The lowest BCUT2D eigenvalue weighted by molar-refractivity contribution is -0.147. The van der Waals surface area contributed by atoms with Gasteiger partial charge in [-0.25, -0.2) is 4.79 Å². The van der Waals surface area contributed by atoms with Gasteiger partial charge in [-0.3, -0.25) is 4.79 Å². The highest BCUT2D eigenvalue weighted by Crippen LogP contribution is 2.31. The normalized spacial score (nSPS) is 14.0. The lowest BCUT2D eigenvalue weighted by atomic mass is 9.93. The minimum Gasteiger partial charge on any atom is -0.479 e. The van der Waals surface area contributed by atoms with E-state index in [2.05, 4.69) is 0 Å². The first-order valence-corrected chi connectivity index (χ1v) is 5.61. The topological polar surface area (TPSA) is 94.8 Å². The number of benzene rings is 1. The van der Waals surface area contributed by atoms with Crippen LogP contribution in [0.2, 0.25) is 0 Å². The number of alkyl halides is 1. The molecule has 0 spiro atoms. The van der Waals surface area contributed by atoms with E-state index in [0.717, 1.165) is 0 Å². The van der Waals surface area contributed by atoms with Crippen molar-refractivity contribution in [2.45, 2.75) is 25.0 Å². The Labute approximate surface area is 109 Å². The van der Waals surface area contributed by atoms with Crippen LogP contribution in [0, 0.1) is 0 Å². The van der Waals surface area contributed by atoms with Crippen LogP contribution in [-0.4, -0.2) is 27.1 Å². The van der Waals surface area contributed by atoms with Crippen molar-refractivity contribution in [3.05, 3.63) is 34.9 Å². The van der Waals surface area contributed by atoms with Crippen LogP contribution in [0.3, 0.4) is 0 Å². The van der Waals surface area contributed by atoms with Gasteiger partial charge in [0.25, 0.3) is 0 Å². The first-order chi connectivity index (χ1) is 8.40. The van der Waals surface area contributed by atoms with E-state index in [1.807, 2.05) is 0 Å². The molecule has 1 aromatic rings. The lowest BCUT2D eigenvalue weighted by Crippen LogP contribution is -2.17. The number of ketones is 1. The third-order valence-corrected chi connectivity index (χ3v) is 3.08. The summed E-state index contributed by atoms with van der Waals surface area (Å²) in [6.07, 6.45) is -1.83. The highest BCUT2D eigenvalue weighted by molar-refractivity contribution is 6.31. The summed E-state index contributed by atoms with van der Waals surface area (Å²) in [6, 6.07) is 4.46. The standard InChI is InChI=1S/C12H13ClO5/c1-6(15)10(13)8-4-2-3-7(5-14)9(8)11(16)12(17)18/h2-4,10-11,14,16H,5H2,1H3,(H,17,18). The zero-order chi connectivity index (χ0) is 13.9. The number of Topliss-reactive ketones (excluding diaryl/α,β-unsaturated/α-hetero) is 1. The van der Waals surface area contributed by atoms with Gasteiger partial charge >= 0.3 is 5.97 Å². The number of halogens is 1. The Morgan fingerprint density at radius 3 is 2.44 bits per heavy atom. The zero-order valence-corrected chi connectivity index (χ0v) is 10.4. The summed E-state index contributed by atoms with van der Waals surface area (Å²) < 4.78 is 0. The molecule has 0 saturated carbocycles. The van der Waals surface area contributed by atoms with E-state index in [-0.39, 0.29) is 22.5 Å². The molecule has 0 aliphatic rings. The van der Waals surface area contributed by atoms with Crippen molar-refractivity contribution < 1.29 is 24.9 Å². The Kier molecular flexibility index (Phi) is 4.84. The summed E-state index contributed by atoms with van der Waals surface area (Å²) in [7, 11) is 0. The molecule has 18 heavy (non-hydrogen) atoms. The summed E-state index contributed by atoms with van der Waals surface area (Å²) in [5.41, 5.74) is 0.405. The summed E-state index contributed by atoms with van der Waals surface area (Å²) in [6.45, 7) is 0.815. The third kappa shape index (κ3) is 2.87. The predicted molar refractivity (Wildman–Crippen MR) is 64.2 cm³/mol. The molecule has 1 aromatic carbocycles. The molecule has 5 nitrogen and oxygen atoms in total. The minimum atomic E-state index is -1.83. The predicted octanol–water partition coefficient (Wildman–Crippen LogP) is 1.17. The Morgan fingerprint density at radius 1 is 1.39 bits per heavy atom. The first-order valence-electron chi connectivity index (χ1n) is 5.18. The molecule has 0 aromatic heterocycles. The van der Waals surface area contributed by atoms with Gasteiger partial charge in [-0.1, -0.05) is 18.2 Å². The molecule has 2 unspecified atom stereocenters. The first kappa shape index (κ1) is 14.6. The average molecular weight is 273 g/mol. The number of aliphatic hydroxyl groups is 2. The quantitative estimate of drug-likeness (QED) is 0.699. The number of hydrogen-bond donors (Lipinski definition) is 3. The van der Waals surface area contributed by atoms with Crippen LogP contribution in [-0.2, 0) is 16.2 Å². The molecular formula is C12H13ClO5. The molecule has 2 atom stereocenters. The Balaban J connectivity index is 3.42. The van der Waals surface area contributed by atoms with Crippen LogP contribution in [0.15, 0.2) is 18.2 Å². The summed E-state index contributed by atoms with van der Waals surface area (Å²) in [5, 5.41) is 26.6. The van der Waals surface area contributed by atoms with Gasteiger partial charge in [0.15, 0.2) is 11.9 Å². The molecule has 0 amide bonds. The van der Waals surface area contributed by atoms with Crippen LogP contribution >= 0.6 is 11.6 Å². The van der Waals surface area contributed by atoms with Gasteiger partial charge in [0.2, 0.25) is 0 Å². The van der Waals surface area contributed by atoms with Crippen LogP contribution in [0.1, 0.15) is 35.1 Å². The van der Waals surface area contributed by atoms with E-state index in [0.29, 0.717) is 0 Å². The fraction of sp³-hybridized carbons (Fsp3) is 0.333. The van der Waals surface area contributed by atoms with Crippen molar-refractivity contribution in [1.82, 2.24) is 0 Å². The van der Waals surface area contributed by atoms with Crippen molar-refractivity contribution in [3.63, 3.8) is 0 Å². The van der Waals surface area contributed by atoms with Crippen LogP contribution in [0.4, 0.5) is 0 Å². The molecule has 0 fully saturated rings. The fourth-order valence-electron chi connectivity index (χ4n) is 1.67. The molecule has 6 heteroatoms. The number of carboxylic acids is 1. The van der Waals surface area contributed by atoms with Gasteiger partial charge in [0.1, 0.15) is 5.38 Å². The number of carbonyl (C=O) groups excluding carboxylic acids is 1. The van der Waals surface area contributed by atoms with E-state index in [1.165, 1.54) is 25.1 Å². The number of carboxylic acid groups (broad SMARTS) is 1. The van der Waals surface area contributed by atoms with Gasteiger partial charge in [0.05, 0.1) is 6.61 Å². The van der Waals surface area contributed by atoms with Gasteiger partial charge < -0.3 is 15.3 Å². The second-order valence-corrected chi connectivity index (χ2v) is 4.23. The zero-order valence-electron chi connectivity index (χ0n) is 9.63. The highest BCUT2D eigenvalue weighted by atomic mass is 35.5. The summed E-state index contributed by atoms with van der Waals surface area (Å²) in [4.78, 5) is 22.1. The van der Waals surface area contributed by atoms with Crippen molar-refractivity contribution in [2.75, 3.05) is 0 Å². The molecular weight excluding hydrogens is 260 g/mol. The fourth-order valence-corrected chi connectivity index (χ4v) is 1.86. The van der Waals surface area contributed by atoms with Gasteiger partial charge in [-0.05, 0) is 18.1 Å². The number of aliphatic hydroxyl groups excluding tert-OH is 2. The van der Waals surface area contributed by atoms with Crippen LogP contribution < -0.4 is 0 Å². The van der Waals surface area contributed by atoms with Crippen molar-refractivity contribution >= 4 is 23.4 Å².